The Kier molecular flexibility index (Phi) is 6.89. The lowest BCUT2D eigenvalue weighted by Gasteiger charge is -2.40. The van der Waals surface area contributed by atoms with Crippen molar-refractivity contribution in [2.24, 2.45) is 0 Å². The first-order chi connectivity index (χ1) is 13.0. The van der Waals surface area contributed by atoms with E-state index < -0.39 is 5.60 Å². The number of nitrogens with zero attached hydrogens (tertiary/aromatic N) is 2. The highest BCUT2D eigenvalue weighted by molar-refractivity contribution is 5.27. The maximum atomic E-state index is 10.8. The number of likely N-dealkylation sites (N-methyl/N-ethyl adjacent to an activating group) is 1. The van der Waals surface area contributed by atoms with Crippen molar-refractivity contribution in [3.63, 3.8) is 0 Å². The number of rotatable bonds is 8. The fraction of sp³-hybridized carbons (Fsp3) is 0.478. The van der Waals surface area contributed by atoms with E-state index >= 15 is 0 Å². The number of likely N-dealkylation sites (tertiary alicyclic amines) is 1. The van der Waals surface area contributed by atoms with E-state index in [2.05, 4.69) is 58.3 Å². The zero-order valence-electron chi connectivity index (χ0n) is 16.6. The molecular weight excluding hydrogens is 336 g/mol. The van der Waals surface area contributed by atoms with Crippen LogP contribution in [0.5, 0.6) is 5.75 Å². The SMILES string of the molecule is CN(C)C[C@]1(O)CCCN(Cc2ccc(OCCc3ccccc3)cc2)C1. The fourth-order valence-electron chi connectivity index (χ4n) is 3.94. The van der Waals surface area contributed by atoms with Crippen LogP contribution in [0.3, 0.4) is 0 Å². The van der Waals surface area contributed by atoms with Gasteiger partial charge in [0.1, 0.15) is 5.75 Å². The zero-order chi connectivity index (χ0) is 19.1. The van der Waals surface area contributed by atoms with Crippen LogP contribution in [0.25, 0.3) is 0 Å². The van der Waals surface area contributed by atoms with Crippen molar-refractivity contribution >= 4 is 0 Å². The van der Waals surface area contributed by atoms with Gasteiger partial charge in [-0.25, -0.2) is 0 Å². The van der Waals surface area contributed by atoms with Gasteiger partial charge in [0.25, 0.3) is 0 Å². The molecule has 0 aromatic heterocycles. The molecule has 1 aliphatic heterocycles. The first kappa shape index (κ1) is 19.9. The quantitative estimate of drug-likeness (QED) is 0.776. The number of ether oxygens (including phenoxy) is 1. The van der Waals surface area contributed by atoms with Crippen LogP contribution in [-0.4, -0.2) is 60.8 Å². The minimum absolute atomic E-state index is 0.595. The third kappa shape index (κ3) is 6.35. The Balaban J connectivity index is 1.47. The van der Waals surface area contributed by atoms with Crippen molar-refractivity contribution < 1.29 is 9.84 Å². The summed E-state index contributed by atoms with van der Waals surface area (Å²) in [6, 6.07) is 18.8. The average molecular weight is 369 g/mol. The van der Waals surface area contributed by atoms with Crippen molar-refractivity contribution in [1.82, 2.24) is 9.80 Å². The Bertz CT molecular complexity index is 687. The molecule has 1 N–H and O–H groups in total. The fourth-order valence-corrected chi connectivity index (χ4v) is 3.94. The molecule has 27 heavy (non-hydrogen) atoms. The number of piperidine rings is 1. The molecule has 4 heteroatoms. The third-order valence-corrected chi connectivity index (χ3v) is 5.08. The first-order valence-electron chi connectivity index (χ1n) is 9.88. The van der Waals surface area contributed by atoms with Crippen LogP contribution in [0, 0.1) is 0 Å². The molecule has 0 aliphatic carbocycles. The Morgan fingerprint density at radius 1 is 1.04 bits per heavy atom. The molecule has 0 radical (unpaired) electrons. The van der Waals surface area contributed by atoms with Crippen LogP contribution in [0.4, 0.5) is 0 Å². The van der Waals surface area contributed by atoms with Crippen molar-refractivity contribution in [2.75, 3.05) is 40.3 Å². The van der Waals surface area contributed by atoms with E-state index in [1.165, 1.54) is 11.1 Å². The summed E-state index contributed by atoms with van der Waals surface area (Å²) in [6.45, 7) is 4.07. The molecule has 0 spiro atoms. The van der Waals surface area contributed by atoms with Crippen LogP contribution in [-0.2, 0) is 13.0 Å². The smallest absolute Gasteiger partial charge is 0.119 e. The van der Waals surface area contributed by atoms with Gasteiger partial charge in [-0.05, 0) is 56.7 Å². The van der Waals surface area contributed by atoms with Gasteiger partial charge in [-0.2, -0.15) is 0 Å². The Labute approximate surface area is 163 Å². The lowest BCUT2D eigenvalue weighted by Crippen LogP contribution is -2.52. The third-order valence-electron chi connectivity index (χ3n) is 5.08. The Hall–Kier alpha value is -1.88. The first-order valence-corrected chi connectivity index (χ1v) is 9.88. The van der Waals surface area contributed by atoms with Crippen LogP contribution in [0.1, 0.15) is 24.0 Å². The van der Waals surface area contributed by atoms with Gasteiger partial charge in [-0.1, -0.05) is 42.5 Å². The molecule has 146 valence electrons. The molecule has 1 heterocycles. The van der Waals surface area contributed by atoms with Crippen molar-refractivity contribution in [3.05, 3.63) is 65.7 Å². The predicted octanol–water partition coefficient (Wildman–Crippen LogP) is 3.20. The summed E-state index contributed by atoms with van der Waals surface area (Å²) in [4.78, 5) is 4.43. The maximum Gasteiger partial charge on any atom is 0.119 e. The molecule has 0 bridgehead atoms. The monoisotopic (exact) mass is 368 g/mol. The molecule has 1 atom stereocenters. The summed E-state index contributed by atoms with van der Waals surface area (Å²) >= 11 is 0. The number of aliphatic hydroxyl groups is 1. The lowest BCUT2D eigenvalue weighted by atomic mass is 9.92. The summed E-state index contributed by atoms with van der Waals surface area (Å²) in [5.41, 5.74) is 1.96. The molecule has 1 saturated heterocycles. The van der Waals surface area contributed by atoms with Gasteiger partial charge in [0.05, 0.1) is 12.2 Å². The number of hydrogen-bond donors (Lipinski definition) is 1. The van der Waals surface area contributed by atoms with E-state index in [1.54, 1.807) is 0 Å². The number of hydrogen-bond acceptors (Lipinski definition) is 4. The second-order valence-corrected chi connectivity index (χ2v) is 8.00. The standard InChI is InChI=1S/C23H32N2O2/c1-24(2)18-23(26)14-6-15-25(19-23)17-21-9-11-22(12-10-21)27-16-13-20-7-4-3-5-8-20/h3-5,7-12,26H,6,13-19H2,1-2H3/t23-/m1/s1. The highest BCUT2D eigenvalue weighted by Crippen LogP contribution is 2.24. The second-order valence-electron chi connectivity index (χ2n) is 8.00. The molecule has 1 fully saturated rings. The Morgan fingerprint density at radius 3 is 2.48 bits per heavy atom. The van der Waals surface area contributed by atoms with Crippen LogP contribution in [0.2, 0.25) is 0 Å². The van der Waals surface area contributed by atoms with Crippen molar-refractivity contribution in [1.29, 1.82) is 0 Å². The maximum absolute atomic E-state index is 10.8. The van der Waals surface area contributed by atoms with Gasteiger partial charge in [0, 0.05) is 26.1 Å². The summed E-state index contributed by atoms with van der Waals surface area (Å²) < 4.78 is 5.87. The van der Waals surface area contributed by atoms with Crippen LogP contribution in [0.15, 0.2) is 54.6 Å². The van der Waals surface area contributed by atoms with Gasteiger partial charge in [0.15, 0.2) is 0 Å². The molecule has 3 rings (SSSR count). The van der Waals surface area contributed by atoms with E-state index in [9.17, 15) is 5.11 Å². The highest BCUT2D eigenvalue weighted by atomic mass is 16.5. The van der Waals surface area contributed by atoms with E-state index in [0.717, 1.165) is 51.2 Å². The van der Waals surface area contributed by atoms with Gasteiger partial charge in [0.2, 0.25) is 0 Å². The molecule has 1 aliphatic rings. The number of benzene rings is 2. The normalized spacial score (nSPS) is 20.7. The predicted molar refractivity (Wildman–Crippen MR) is 110 cm³/mol. The van der Waals surface area contributed by atoms with E-state index in [4.69, 9.17) is 4.74 Å². The molecule has 0 amide bonds. The van der Waals surface area contributed by atoms with Gasteiger partial charge in [-0.3, -0.25) is 4.90 Å². The van der Waals surface area contributed by atoms with Crippen molar-refractivity contribution in [3.8, 4) is 5.75 Å². The lowest BCUT2D eigenvalue weighted by molar-refractivity contribution is -0.0479. The minimum Gasteiger partial charge on any atom is -0.493 e. The molecule has 0 saturated carbocycles. The molecule has 2 aromatic carbocycles. The average Bonchev–Trinajstić information content (AvgIpc) is 2.63. The molecule has 2 aromatic rings. The van der Waals surface area contributed by atoms with Gasteiger partial charge < -0.3 is 14.7 Å². The summed E-state index contributed by atoms with van der Waals surface area (Å²) in [5, 5.41) is 10.8. The second kappa shape index (κ2) is 9.36. The van der Waals surface area contributed by atoms with Gasteiger partial charge >= 0.3 is 0 Å². The molecular formula is C23H32N2O2. The Morgan fingerprint density at radius 2 is 1.78 bits per heavy atom. The molecule has 0 unspecified atom stereocenters. The zero-order valence-corrected chi connectivity index (χ0v) is 16.6. The van der Waals surface area contributed by atoms with Gasteiger partial charge in [-0.15, -0.1) is 0 Å². The number of β-amino-alcohol motifs (C(OH)–C–C–N with tert-alkyl or cyclic N) is 1. The molecule has 4 nitrogen and oxygen atoms in total. The summed E-state index contributed by atoms with van der Waals surface area (Å²) in [7, 11) is 4.04. The van der Waals surface area contributed by atoms with E-state index in [1.807, 2.05) is 20.2 Å². The van der Waals surface area contributed by atoms with Crippen molar-refractivity contribution in [2.45, 2.75) is 31.4 Å². The summed E-state index contributed by atoms with van der Waals surface area (Å²) in [6.07, 6.45) is 2.85. The minimum atomic E-state index is -0.595. The topological polar surface area (TPSA) is 35.9 Å². The van der Waals surface area contributed by atoms with Crippen LogP contribution < -0.4 is 4.74 Å². The van der Waals surface area contributed by atoms with E-state index in [0.29, 0.717) is 6.61 Å². The van der Waals surface area contributed by atoms with E-state index in [-0.39, 0.29) is 0 Å². The van der Waals surface area contributed by atoms with Crippen LogP contribution >= 0.6 is 0 Å². The highest BCUT2D eigenvalue weighted by Gasteiger charge is 2.33. The summed E-state index contributed by atoms with van der Waals surface area (Å²) in [5.74, 6) is 0.914. The largest absolute Gasteiger partial charge is 0.493 e.